The molecule has 0 aromatic heterocycles. The monoisotopic (exact) mass is 536 g/mol. The summed E-state index contributed by atoms with van der Waals surface area (Å²) < 4.78 is 69.8. The first-order valence-corrected chi connectivity index (χ1v) is 10.3. The maximum atomic E-state index is 13.4. The van der Waals surface area contributed by atoms with Crippen molar-refractivity contribution in [3.8, 4) is 5.75 Å². The van der Waals surface area contributed by atoms with Crippen molar-refractivity contribution in [1.82, 2.24) is 0 Å². The summed E-state index contributed by atoms with van der Waals surface area (Å²) in [6.45, 7) is 0. The van der Waals surface area contributed by atoms with Crippen molar-refractivity contribution in [3.05, 3.63) is 58.1 Å². The van der Waals surface area contributed by atoms with E-state index in [0.717, 1.165) is 12.1 Å². The number of phenolic OH excluding ortho intramolecular Hbond substituents is 1. The Kier molecular flexibility index (Phi) is 9.03. The van der Waals surface area contributed by atoms with Crippen LogP contribution in [-0.4, -0.2) is 27.9 Å². The number of aromatic hydroxyl groups is 1. The molecule has 35 heavy (non-hydrogen) atoms. The first kappa shape index (κ1) is 27.4. The minimum Gasteiger partial charge on any atom is -0.507 e. The number of halogens is 3. The second kappa shape index (κ2) is 11.5. The fourth-order valence-electron chi connectivity index (χ4n) is 2.69. The van der Waals surface area contributed by atoms with Gasteiger partial charge in [-0.3, -0.25) is 10.1 Å². The van der Waals surface area contributed by atoms with Crippen LogP contribution in [0.2, 0.25) is 0 Å². The Bertz CT molecular complexity index is 1390. The van der Waals surface area contributed by atoms with E-state index in [0.29, 0.717) is 23.5 Å². The lowest BCUT2D eigenvalue weighted by atomic mass is 10.1. The third-order valence-electron chi connectivity index (χ3n) is 4.03. The van der Waals surface area contributed by atoms with Crippen LogP contribution in [0.1, 0.15) is 5.56 Å². The zero-order chi connectivity index (χ0) is 26.3. The lowest BCUT2D eigenvalue weighted by Crippen LogP contribution is -2.06. The van der Waals surface area contributed by atoms with Crippen molar-refractivity contribution < 1.29 is 50.5 Å². The van der Waals surface area contributed by atoms with Crippen LogP contribution in [0.5, 0.6) is 5.75 Å². The molecule has 3 aromatic carbocycles. The molecule has 0 saturated heterocycles. The molecule has 0 spiro atoms. The number of nitrogens with zero attached hydrogens (tertiary/aromatic N) is 3. The van der Waals surface area contributed by atoms with Gasteiger partial charge in [-0.05, 0) is 23.6 Å². The number of non-ortho nitro benzene ring substituents is 1. The highest BCUT2D eigenvalue weighted by Gasteiger charge is 2.35. The molecule has 0 heterocycles. The first-order chi connectivity index (χ1) is 16.4. The van der Waals surface area contributed by atoms with Crippen molar-refractivity contribution in [2.24, 2.45) is 10.2 Å². The van der Waals surface area contributed by atoms with Gasteiger partial charge >= 0.3 is 16.8 Å². The molecular formula is C17H11F3N4O9S2. The van der Waals surface area contributed by atoms with Crippen LogP contribution in [0.3, 0.4) is 0 Å². The molecule has 0 radical (unpaired) electrons. The summed E-state index contributed by atoms with van der Waals surface area (Å²) in [6, 6.07) is 7.82. The Labute approximate surface area is 197 Å². The SMILES string of the molecule is Nc1c(SOOO)cc2cccc(O)c2c1N=Nc1ccc([N+](=O)[O-])cc1C(F)(F)F.O=S(=O)=O. The van der Waals surface area contributed by atoms with Gasteiger partial charge in [0.05, 0.1) is 44.2 Å². The van der Waals surface area contributed by atoms with Crippen LogP contribution in [0.4, 0.5) is 35.9 Å². The first-order valence-electron chi connectivity index (χ1n) is 8.59. The van der Waals surface area contributed by atoms with Gasteiger partial charge in [0, 0.05) is 12.1 Å². The van der Waals surface area contributed by atoms with Gasteiger partial charge in [0.1, 0.15) is 11.4 Å². The standard InChI is InChI=1S/C17H11F3N4O6S.O3S/c18-17(19,20)10-7-9(24(26)27)4-5-11(10)22-23-16-14-8(2-1-3-12(14)25)6-13(15(16)21)31-30-29-28;1-4(2)3/h1-7,25,28H,21H2;. The molecule has 0 saturated carbocycles. The number of rotatable bonds is 6. The molecule has 13 nitrogen and oxygen atoms in total. The van der Waals surface area contributed by atoms with Crippen molar-refractivity contribution >= 4 is 56.2 Å². The van der Waals surface area contributed by atoms with E-state index in [4.69, 9.17) is 23.6 Å². The van der Waals surface area contributed by atoms with Gasteiger partial charge in [-0.1, -0.05) is 17.2 Å². The number of azo groups is 1. The quantitative estimate of drug-likeness (QED) is 0.0965. The molecule has 3 rings (SSSR count). The van der Waals surface area contributed by atoms with E-state index in [9.17, 15) is 28.4 Å². The molecule has 0 atom stereocenters. The highest BCUT2D eigenvalue weighted by molar-refractivity contribution is 7.94. The van der Waals surface area contributed by atoms with Gasteiger partial charge in [-0.15, -0.1) is 27.2 Å². The topological polar surface area (TPSA) is 204 Å². The van der Waals surface area contributed by atoms with Crippen LogP contribution in [0.15, 0.2) is 57.6 Å². The Morgan fingerprint density at radius 3 is 2.34 bits per heavy atom. The minimum absolute atomic E-state index is 0.0912. The molecule has 0 fully saturated rings. The molecule has 3 aromatic rings. The summed E-state index contributed by atoms with van der Waals surface area (Å²) in [5.74, 6) is -0.270. The number of hydrogen-bond donors (Lipinski definition) is 3. The largest absolute Gasteiger partial charge is 0.507 e. The van der Waals surface area contributed by atoms with Gasteiger partial charge < -0.3 is 10.8 Å². The summed E-state index contributed by atoms with van der Waals surface area (Å²) in [5, 5.41) is 40.7. The van der Waals surface area contributed by atoms with E-state index in [1.807, 2.05) is 0 Å². The van der Waals surface area contributed by atoms with Crippen molar-refractivity contribution in [2.75, 3.05) is 5.73 Å². The molecule has 0 unspecified atom stereocenters. The van der Waals surface area contributed by atoms with Gasteiger partial charge in [0.2, 0.25) is 0 Å². The molecule has 186 valence electrons. The zero-order valence-electron chi connectivity index (χ0n) is 16.7. The van der Waals surface area contributed by atoms with E-state index < -0.39 is 38.6 Å². The van der Waals surface area contributed by atoms with Crippen LogP contribution >= 0.6 is 12.0 Å². The van der Waals surface area contributed by atoms with Crippen LogP contribution in [0.25, 0.3) is 10.8 Å². The molecular weight excluding hydrogens is 525 g/mol. The third kappa shape index (κ3) is 7.07. The Morgan fingerprint density at radius 2 is 1.77 bits per heavy atom. The number of nitro groups is 1. The van der Waals surface area contributed by atoms with E-state index in [2.05, 4.69) is 19.6 Å². The van der Waals surface area contributed by atoms with Crippen molar-refractivity contribution in [2.45, 2.75) is 11.1 Å². The van der Waals surface area contributed by atoms with Gasteiger partial charge in [-0.25, -0.2) is 5.26 Å². The molecule has 0 amide bonds. The second-order valence-corrected chi connectivity index (χ2v) is 7.25. The minimum atomic E-state index is -4.94. The lowest BCUT2D eigenvalue weighted by Gasteiger charge is -2.12. The number of nitro benzene ring substituents is 1. The van der Waals surface area contributed by atoms with Crippen molar-refractivity contribution in [3.63, 3.8) is 0 Å². The maximum Gasteiger partial charge on any atom is 0.425 e. The normalized spacial score (nSPS) is 11.3. The van der Waals surface area contributed by atoms with Gasteiger partial charge in [0.25, 0.3) is 5.69 Å². The highest BCUT2D eigenvalue weighted by atomic mass is 32.2. The number of fused-ring (bicyclic) bond motifs is 1. The molecule has 0 aliphatic carbocycles. The zero-order valence-corrected chi connectivity index (χ0v) is 18.3. The maximum absolute atomic E-state index is 13.4. The average molecular weight is 536 g/mol. The van der Waals surface area contributed by atoms with E-state index >= 15 is 0 Å². The van der Waals surface area contributed by atoms with Gasteiger partial charge in [0.15, 0.2) is 0 Å². The number of anilines is 1. The fourth-order valence-corrected chi connectivity index (χ4v) is 3.15. The van der Waals surface area contributed by atoms with Gasteiger partial charge in [-0.2, -0.15) is 13.2 Å². The number of nitrogen functional groups attached to an aromatic ring is 1. The Hall–Kier alpha value is -3.84. The molecule has 0 aliphatic rings. The average Bonchev–Trinajstić information content (AvgIpc) is 2.76. The van der Waals surface area contributed by atoms with Crippen LogP contribution in [-0.2, 0) is 26.2 Å². The number of benzene rings is 3. The smallest absolute Gasteiger partial charge is 0.425 e. The predicted octanol–water partition coefficient (Wildman–Crippen LogP) is 4.89. The summed E-state index contributed by atoms with van der Waals surface area (Å²) in [4.78, 5) is 10.0. The van der Waals surface area contributed by atoms with E-state index in [1.54, 1.807) is 6.07 Å². The summed E-state index contributed by atoms with van der Waals surface area (Å²) >= 11 is 0.481. The van der Waals surface area contributed by atoms with E-state index in [-0.39, 0.29) is 27.4 Å². The molecule has 18 heteroatoms. The number of alkyl halides is 3. The third-order valence-corrected chi connectivity index (χ3v) is 4.67. The Balaban J connectivity index is 0.00000100. The number of nitrogens with two attached hydrogens (primary N) is 1. The summed E-state index contributed by atoms with van der Waals surface area (Å²) in [7, 11) is -3.11. The van der Waals surface area contributed by atoms with E-state index in [1.165, 1.54) is 18.2 Å². The Morgan fingerprint density at radius 1 is 1.11 bits per heavy atom. The summed E-state index contributed by atoms with van der Waals surface area (Å²) in [6.07, 6.45) is -4.94. The molecule has 4 N–H and O–H groups in total. The second-order valence-electron chi connectivity index (χ2n) is 6.10. The van der Waals surface area contributed by atoms with Crippen LogP contribution in [0, 0.1) is 10.1 Å². The molecule has 0 aliphatic heterocycles. The summed E-state index contributed by atoms with van der Waals surface area (Å²) in [5.41, 5.74) is 2.82. The predicted molar refractivity (Wildman–Crippen MR) is 113 cm³/mol. The lowest BCUT2D eigenvalue weighted by molar-refractivity contribution is -0.432. The van der Waals surface area contributed by atoms with Crippen molar-refractivity contribution in [1.29, 1.82) is 0 Å². The fraction of sp³-hybridized carbons (Fsp3) is 0.0588. The highest BCUT2D eigenvalue weighted by Crippen LogP contribution is 2.45. The molecule has 0 bridgehead atoms. The van der Waals surface area contributed by atoms with Crippen LogP contribution < -0.4 is 5.73 Å². The number of phenols is 1. The number of hydrogen-bond acceptors (Lipinski definition) is 13.